The van der Waals surface area contributed by atoms with Crippen LogP contribution in [-0.2, 0) is 0 Å². The minimum Gasteiger partial charge on any atom is -0.350 e. The topological polar surface area (TPSA) is 111 Å². The Balaban J connectivity index is 3.81. The van der Waals surface area contributed by atoms with Gasteiger partial charge in [-0.05, 0) is 6.92 Å². The standard InChI is InChI=1S/C4H8N4O3/c1-3(2-8(10)11)6-7-4(5)9/h2H2,1H3,(H3,5,7,9)/b6-3+. The van der Waals surface area contributed by atoms with Gasteiger partial charge in [-0.1, -0.05) is 0 Å². The Morgan fingerprint density at radius 1 is 1.82 bits per heavy atom. The molecule has 0 rings (SSSR count). The van der Waals surface area contributed by atoms with Crippen LogP contribution in [0.15, 0.2) is 5.10 Å². The number of nitrogens with zero attached hydrogens (tertiary/aromatic N) is 2. The number of hydrazone groups is 1. The van der Waals surface area contributed by atoms with Crippen LogP contribution in [0.4, 0.5) is 4.79 Å². The van der Waals surface area contributed by atoms with E-state index in [1.807, 2.05) is 5.43 Å². The predicted molar refractivity (Wildman–Crippen MR) is 37.7 cm³/mol. The van der Waals surface area contributed by atoms with Crippen LogP contribution in [0, 0.1) is 10.1 Å². The molecule has 7 nitrogen and oxygen atoms in total. The molecule has 0 aliphatic rings. The maximum atomic E-state index is 10.0. The van der Waals surface area contributed by atoms with Gasteiger partial charge in [0.05, 0.1) is 0 Å². The number of carbonyl (C=O) groups excluding carboxylic acids is 1. The third-order valence-corrected chi connectivity index (χ3v) is 0.715. The Bertz CT molecular complexity index is 200. The summed E-state index contributed by atoms with van der Waals surface area (Å²) in [6.45, 7) is 1.01. The van der Waals surface area contributed by atoms with Crippen LogP contribution in [-0.4, -0.2) is 23.2 Å². The fourth-order valence-corrected chi connectivity index (χ4v) is 0.373. The summed E-state index contributed by atoms with van der Waals surface area (Å²) in [6, 6.07) is -0.840. The minimum absolute atomic E-state index is 0.189. The van der Waals surface area contributed by atoms with Gasteiger partial charge in [0.1, 0.15) is 5.71 Å². The van der Waals surface area contributed by atoms with Crippen molar-refractivity contribution in [1.29, 1.82) is 0 Å². The Morgan fingerprint density at radius 3 is 2.73 bits per heavy atom. The van der Waals surface area contributed by atoms with Crippen LogP contribution in [0.3, 0.4) is 0 Å². The van der Waals surface area contributed by atoms with E-state index in [9.17, 15) is 14.9 Å². The molecule has 0 aliphatic carbocycles. The molecule has 0 saturated heterocycles. The number of hydrogen-bond acceptors (Lipinski definition) is 4. The molecule has 0 spiro atoms. The van der Waals surface area contributed by atoms with Crippen LogP contribution >= 0.6 is 0 Å². The summed E-state index contributed by atoms with van der Waals surface area (Å²) in [5.41, 5.74) is 6.71. The number of amides is 2. The number of nitrogens with one attached hydrogen (secondary N) is 1. The van der Waals surface area contributed by atoms with E-state index in [1.54, 1.807) is 0 Å². The summed E-state index contributed by atoms with van der Waals surface area (Å²) >= 11 is 0. The van der Waals surface area contributed by atoms with Gasteiger partial charge in [-0.2, -0.15) is 5.10 Å². The SMILES string of the molecule is C/C(C[N+](=O)[O-])=N\NC(N)=O. The van der Waals surface area contributed by atoms with Gasteiger partial charge in [0.15, 0.2) is 0 Å². The molecule has 7 heteroatoms. The number of nitrogens with two attached hydrogens (primary N) is 1. The van der Waals surface area contributed by atoms with Crippen molar-refractivity contribution >= 4 is 11.7 Å². The summed E-state index contributed by atoms with van der Waals surface area (Å²) in [6.07, 6.45) is 0. The van der Waals surface area contributed by atoms with Crippen LogP contribution in [0.1, 0.15) is 6.92 Å². The van der Waals surface area contributed by atoms with Gasteiger partial charge in [-0.3, -0.25) is 10.1 Å². The van der Waals surface area contributed by atoms with E-state index in [2.05, 4.69) is 10.8 Å². The number of hydrogen-bond donors (Lipinski definition) is 2. The molecule has 0 radical (unpaired) electrons. The summed E-state index contributed by atoms with van der Waals surface area (Å²) in [7, 11) is 0. The molecule has 62 valence electrons. The van der Waals surface area contributed by atoms with E-state index in [0.29, 0.717) is 0 Å². The summed E-state index contributed by atoms with van der Waals surface area (Å²) < 4.78 is 0. The van der Waals surface area contributed by atoms with Crippen molar-refractivity contribution in [3.63, 3.8) is 0 Å². The zero-order valence-corrected chi connectivity index (χ0v) is 5.90. The Hall–Kier alpha value is -1.66. The Labute approximate surface area is 62.4 Å². The highest BCUT2D eigenvalue weighted by molar-refractivity contribution is 5.84. The maximum absolute atomic E-state index is 10.0. The van der Waals surface area contributed by atoms with Crippen molar-refractivity contribution in [3.05, 3.63) is 10.1 Å². The largest absolute Gasteiger partial charge is 0.350 e. The summed E-state index contributed by atoms with van der Waals surface area (Å²) in [4.78, 5) is 19.3. The molecule has 0 saturated carbocycles. The molecule has 0 aliphatic heterocycles. The van der Waals surface area contributed by atoms with E-state index in [0.717, 1.165) is 0 Å². The number of primary amides is 1. The van der Waals surface area contributed by atoms with Crippen molar-refractivity contribution in [1.82, 2.24) is 5.43 Å². The van der Waals surface area contributed by atoms with Crippen LogP contribution in [0.25, 0.3) is 0 Å². The van der Waals surface area contributed by atoms with Crippen molar-refractivity contribution in [2.75, 3.05) is 6.54 Å². The first-order chi connectivity index (χ1) is 5.02. The van der Waals surface area contributed by atoms with E-state index >= 15 is 0 Å². The molecular weight excluding hydrogens is 152 g/mol. The molecule has 0 bridgehead atoms. The lowest BCUT2D eigenvalue weighted by Gasteiger charge is -1.93. The second-order valence-electron chi connectivity index (χ2n) is 1.81. The quantitative estimate of drug-likeness (QED) is 0.323. The van der Waals surface area contributed by atoms with Gasteiger partial charge in [-0.25, -0.2) is 10.2 Å². The second kappa shape index (κ2) is 4.20. The highest BCUT2D eigenvalue weighted by Crippen LogP contribution is 1.75. The van der Waals surface area contributed by atoms with Crippen molar-refractivity contribution in [3.8, 4) is 0 Å². The smallest absolute Gasteiger partial charge is 0.332 e. The van der Waals surface area contributed by atoms with E-state index in [-0.39, 0.29) is 5.71 Å². The zero-order valence-electron chi connectivity index (χ0n) is 5.90. The molecule has 3 N–H and O–H groups in total. The summed E-state index contributed by atoms with van der Waals surface area (Å²) in [5.74, 6) is 0. The number of nitro groups is 1. The molecule has 0 heterocycles. The van der Waals surface area contributed by atoms with Gasteiger partial charge in [0, 0.05) is 4.92 Å². The van der Waals surface area contributed by atoms with Crippen LogP contribution in [0.2, 0.25) is 0 Å². The third-order valence-electron chi connectivity index (χ3n) is 0.715. The van der Waals surface area contributed by atoms with E-state index in [1.165, 1.54) is 6.92 Å². The average Bonchev–Trinajstić information content (AvgIpc) is 1.82. The first kappa shape index (κ1) is 9.34. The Kier molecular flexibility index (Phi) is 3.57. The van der Waals surface area contributed by atoms with Crippen LogP contribution in [0.5, 0.6) is 0 Å². The minimum atomic E-state index is -0.840. The van der Waals surface area contributed by atoms with Crippen molar-refractivity contribution < 1.29 is 9.72 Å². The monoisotopic (exact) mass is 160 g/mol. The van der Waals surface area contributed by atoms with Crippen LogP contribution < -0.4 is 11.2 Å². The van der Waals surface area contributed by atoms with Gasteiger partial charge >= 0.3 is 6.03 Å². The highest BCUT2D eigenvalue weighted by atomic mass is 16.6. The molecule has 0 aromatic rings. The number of rotatable bonds is 3. The highest BCUT2D eigenvalue weighted by Gasteiger charge is 2.00. The second-order valence-corrected chi connectivity index (χ2v) is 1.81. The van der Waals surface area contributed by atoms with Gasteiger partial charge < -0.3 is 5.73 Å². The molecule has 2 amide bonds. The molecule has 0 aromatic heterocycles. The Morgan fingerprint density at radius 2 is 2.36 bits per heavy atom. The first-order valence-electron chi connectivity index (χ1n) is 2.72. The maximum Gasteiger partial charge on any atom is 0.332 e. The number of carbonyl (C=O) groups is 1. The third kappa shape index (κ3) is 6.22. The molecule has 0 unspecified atom stereocenters. The predicted octanol–water partition coefficient (Wildman–Crippen LogP) is -0.693. The van der Waals surface area contributed by atoms with E-state index in [4.69, 9.17) is 0 Å². The average molecular weight is 160 g/mol. The lowest BCUT2D eigenvalue weighted by molar-refractivity contribution is -0.463. The molecule has 11 heavy (non-hydrogen) atoms. The molecule has 0 fully saturated rings. The fraction of sp³-hybridized carbons (Fsp3) is 0.500. The van der Waals surface area contributed by atoms with Crippen molar-refractivity contribution in [2.45, 2.75) is 6.92 Å². The van der Waals surface area contributed by atoms with Gasteiger partial charge in [0.25, 0.3) is 0 Å². The van der Waals surface area contributed by atoms with Gasteiger partial charge in [0.2, 0.25) is 6.54 Å². The zero-order chi connectivity index (χ0) is 8.85. The molecular formula is C4H8N4O3. The molecule has 0 aromatic carbocycles. The first-order valence-corrected chi connectivity index (χ1v) is 2.72. The number of urea groups is 1. The summed E-state index contributed by atoms with van der Waals surface area (Å²) in [5, 5.41) is 13.1. The lowest BCUT2D eigenvalue weighted by atomic mass is 10.4. The molecule has 0 atom stereocenters. The fourth-order valence-electron chi connectivity index (χ4n) is 0.373. The lowest BCUT2D eigenvalue weighted by Crippen LogP contribution is -2.26. The van der Waals surface area contributed by atoms with E-state index < -0.39 is 17.5 Å². The van der Waals surface area contributed by atoms with Crippen molar-refractivity contribution in [2.24, 2.45) is 10.8 Å². The normalized spacial score (nSPS) is 10.8. The van der Waals surface area contributed by atoms with Gasteiger partial charge in [-0.15, -0.1) is 0 Å².